The van der Waals surface area contributed by atoms with Crippen LogP contribution in [0.2, 0.25) is 0 Å². The van der Waals surface area contributed by atoms with Crippen molar-refractivity contribution in [3.05, 3.63) is 149 Å². The van der Waals surface area contributed by atoms with Crippen molar-refractivity contribution in [3.63, 3.8) is 0 Å². The summed E-state index contributed by atoms with van der Waals surface area (Å²) in [5.74, 6) is 0. The van der Waals surface area contributed by atoms with Crippen molar-refractivity contribution in [2.45, 2.75) is 123 Å². The zero-order chi connectivity index (χ0) is 46.9. The number of aromatic nitrogens is 1. The third-order valence-corrected chi connectivity index (χ3v) is 18.6. The lowest BCUT2D eigenvalue weighted by atomic mass is 9.47. The van der Waals surface area contributed by atoms with Gasteiger partial charge < -0.3 is 13.8 Å². The molecular formula is C63H59BN2OS. The molecule has 0 saturated carbocycles. The summed E-state index contributed by atoms with van der Waals surface area (Å²) in [6.45, 7) is 28.8. The van der Waals surface area contributed by atoms with Crippen molar-refractivity contribution in [1.29, 1.82) is 0 Å². The number of nitrogens with zero attached hydrogens (tertiary/aromatic N) is 2. The first-order valence-electron chi connectivity index (χ1n) is 25.0. The van der Waals surface area contributed by atoms with Gasteiger partial charge in [-0.25, -0.2) is 0 Å². The summed E-state index contributed by atoms with van der Waals surface area (Å²) >= 11 is 1.98. The molecular weight excluding hydrogens is 844 g/mol. The molecule has 0 fully saturated rings. The van der Waals surface area contributed by atoms with E-state index in [1.165, 1.54) is 133 Å². The molecule has 4 aliphatic rings. The minimum absolute atomic E-state index is 0.00343. The van der Waals surface area contributed by atoms with Crippen LogP contribution in [0.1, 0.15) is 129 Å². The molecule has 0 radical (unpaired) electrons. The van der Waals surface area contributed by atoms with E-state index in [0.717, 1.165) is 16.6 Å². The van der Waals surface area contributed by atoms with Crippen LogP contribution in [0.25, 0.3) is 81.8 Å². The fourth-order valence-corrected chi connectivity index (χ4v) is 14.5. The number of hydrogen-bond donors (Lipinski definition) is 0. The average molecular weight is 903 g/mol. The van der Waals surface area contributed by atoms with Gasteiger partial charge in [0.15, 0.2) is 0 Å². The van der Waals surface area contributed by atoms with Crippen molar-refractivity contribution in [2.24, 2.45) is 0 Å². The third-order valence-electron chi connectivity index (χ3n) is 17.3. The summed E-state index contributed by atoms with van der Waals surface area (Å²) in [6, 6.07) is 45.6. The quantitative estimate of drug-likeness (QED) is 0.153. The molecule has 2 aliphatic carbocycles. The zero-order valence-electron chi connectivity index (χ0n) is 41.7. The van der Waals surface area contributed by atoms with E-state index >= 15 is 0 Å². The van der Waals surface area contributed by atoms with Crippen molar-refractivity contribution >= 4 is 93.6 Å². The van der Waals surface area contributed by atoms with Gasteiger partial charge in [-0.05, 0) is 145 Å². The summed E-state index contributed by atoms with van der Waals surface area (Å²) < 4.78 is 12.0. The molecule has 7 aromatic carbocycles. The van der Waals surface area contributed by atoms with Gasteiger partial charge in [-0.2, -0.15) is 0 Å². The maximum Gasteiger partial charge on any atom is 0.343 e. The fourth-order valence-electron chi connectivity index (χ4n) is 13.2. The number of fused-ring (bicyclic) bond motifs is 17. The number of para-hydroxylation sites is 1. The van der Waals surface area contributed by atoms with Crippen molar-refractivity contribution in [3.8, 4) is 27.9 Å². The molecule has 2 aliphatic heterocycles. The van der Waals surface area contributed by atoms with Gasteiger partial charge in [0.05, 0.1) is 16.7 Å². The van der Waals surface area contributed by atoms with Crippen LogP contribution in [0, 0.1) is 0 Å². The molecule has 0 unspecified atom stereocenters. The Morgan fingerprint density at radius 3 is 1.94 bits per heavy atom. The lowest BCUT2D eigenvalue weighted by Crippen LogP contribution is -2.59. The summed E-state index contributed by atoms with van der Waals surface area (Å²) in [6.07, 6.45) is 2.41. The first-order valence-corrected chi connectivity index (χ1v) is 25.8. The molecule has 0 atom stereocenters. The highest BCUT2D eigenvalue weighted by Gasteiger charge is 2.48. The Balaban J connectivity index is 1.13. The molecule has 3 aromatic heterocycles. The van der Waals surface area contributed by atoms with Crippen LogP contribution < -0.4 is 15.1 Å². The highest BCUT2D eigenvalue weighted by Crippen LogP contribution is 2.58. The summed E-state index contributed by atoms with van der Waals surface area (Å²) in [5.41, 5.74) is 23.9. The van der Waals surface area contributed by atoms with Gasteiger partial charge >= 0.3 is 6.85 Å². The number of rotatable bonds is 1. The number of benzene rings is 7. The van der Waals surface area contributed by atoms with E-state index in [9.17, 15) is 0 Å². The van der Waals surface area contributed by atoms with Crippen LogP contribution in [0.4, 0.5) is 11.4 Å². The Hall–Kier alpha value is -6.04. The summed E-state index contributed by atoms with van der Waals surface area (Å²) in [7, 11) is 0. The van der Waals surface area contributed by atoms with Gasteiger partial charge in [0, 0.05) is 64.8 Å². The highest BCUT2D eigenvalue weighted by atomic mass is 32.1. The molecule has 0 N–H and O–H groups in total. The molecule has 0 amide bonds. The summed E-state index contributed by atoms with van der Waals surface area (Å²) in [5, 5.41) is 6.22. The number of anilines is 2. The first kappa shape index (κ1) is 41.0. The second kappa shape index (κ2) is 12.8. The first-order chi connectivity index (χ1) is 32.2. The van der Waals surface area contributed by atoms with Crippen LogP contribution in [0.5, 0.6) is 0 Å². The molecule has 14 rings (SSSR count). The molecule has 336 valence electrons. The largest absolute Gasteiger partial charge is 0.456 e. The lowest BCUT2D eigenvalue weighted by Gasteiger charge is -2.42. The molecule has 5 heteroatoms. The molecule has 68 heavy (non-hydrogen) atoms. The van der Waals surface area contributed by atoms with E-state index in [4.69, 9.17) is 4.42 Å². The van der Waals surface area contributed by atoms with Crippen molar-refractivity contribution < 1.29 is 4.42 Å². The van der Waals surface area contributed by atoms with Crippen LogP contribution >= 0.6 is 11.3 Å². The molecule has 5 heterocycles. The number of furan rings is 1. The predicted molar refractivity (Wildman–Crippen MR) is 293 cm³/mol. The van der Waals surface area contributed by atoms with Gasteiger partial charge in [0.25, 0.3) is 0 Å². The van der Waals surface area contributed by atoms with E-state index in [-0.39, 0.29) is 33.9 Å². The maximum absolute atomic E-state index is 6.68. The predicted octanol–water partition coefficient (Wildman–Crippen LogP) is 16.4. The van der Waals surface area contributed by atoms with Gasteiger partial charge in [-0.15, -0.1) is 11.3 Å². The van der Waals surface area contributed by atoms with Crippen LogP contribution in [-0.4, -0.2) is 11.4 Å². The van der Waals surface area contributed by atoms with E-state index < -0.39 is 0 Å². The second-order valence-corrected chi connectivity index (χ2v) is 25.9. The number of thiophene rings is 1. The Bertz CT molecular complexity index is 3910. The van der Waals surface area contributed by atoms with Crippen LogP contribution in [0.3, 0.4) is 0 Å². The van der Waals surface area contributed by atoms with Gasteiger partial charge in [0.1, 0.15) is 11.2 Å². The Morgan fingerprint density at radius 1 is 0.544 bits per heavy atom. The Kier molecular flexibility index (Phi) is 7.70. The zero-order valence-corrected chi connectivity index (χ0v) is 42.5. The maximum atomic E-state index is 6.68. The fraction of sp³-hybridized carbons (Fsp3) is 0.302. The standard InChI is InChI=1S/C63H59BN2OS/c1-59(2,3)34-17-20-36(21-18-34)66-51-31-41-40-29-48-49(62(9,10)26-25-61(48,7)8)32-47(40)63(11,12)46(41)30-43(51)38-22-23-39-42-28-44-37-15-13-14-16-52(37)67-53(44)33-50(42)65-56(39)55(38)64(66)58-57(65)45-27-35(60(4,5)6)19-24-54(45)68-58/h13-24,27-33H,25-26H2,1-12H3. The van der Waals surface area contributed by atoms with Crippen molar-refractivity contribution in [2.75, 3.05) is 4.81 Å². The summed E-state index contributed by atoms with van der Waals surface area (Å²) in [4.78, 5) is 2.75. The monoisotopic (exact) mass is 902 g/mol. The lowest BCUT2D eigenvalue weighted by molar-refractivity contribution is 0.331. The van der Waals surface area contributed by atoms with E-state index in [0.29, 0.717) is 0 Å². The van der Waals surface area contributed by atoms with E-state index in [2.05, 4.69) is 208 Å². The minimum Gasteiger partial charge on any atom is -0.456 e. The van der Waals surface area contributed by atoms with Crippen LogP contribution in [0.15, 0.2) is 120 Å². The van der Waals surface area contributed by atoms with Crippen LogP contribution in [-0.2, 0) is 27.1 Å². The van der Waals surface area contributed by atoms with E-state index in [1.54, 1.807) is 0 Å². The van der Waals surface area contributed by atoms with Gasteiger partial charge in [-0.3, -0.25) is 0 Å². The Morgan fingerprint density at radius 2 is 1.21 bits per heavy atom. The van der Waals surface area contributed by atoms with Crippen molar-refractivity contribution in [1.82, 2.24) is 4.57 Å². The molecule has 10 aromatic rings. The molecule has 0 spiro atoms. The molecule has 0 bridgehead atoms. The number of hydrogen-bond acceptors (Lipinski definition) is 3. The van der Waals surface area contributed by atoms with Gasteiger partial charge in [-0.1, -0.05) is 138 Å². The SMILES string of the molecule is CC(C)(C)c1ccc(N2B3c4sc5ccc(C(C)(C)C)cc5c4-n4c5cc6oc7ccccc7c6cc5c5ccc(c3c54)-c3cc4c(cc32)-c2cc3c(cc2C4(C)C)C(C)(C)CCC3(C)C)cc1. The van der Waals surface area contributed by atoms with E-state index in [1.807, 2.05) is 11.3 Å². The average Bonchev–Trinajstić information content (AvgIpc) is 4.01. The normalized spacial score (nSPS) is 17.3. The topological polar surface area (TPSA) is 21.3 Å². The third kappa shape index (κ3) is 5.21. The molecule has 0 saturated heterocycles. The highest BCUT2D eigenvalue weighted by molar-refractivity contribution is 7.32. The van der Waals surface area contributed by atoms with Gasteiger partial charge in [0.2, 0.25) is 0 Å². The Labute approximate surface area is 404 Å². The smallest absolute Gasteiger partial charge is 0.343 e. The second-order valence-electron chi connectivity index (χ2n) is 24.8. The molecule has 3 nitrogen and oxygen atoms in total. The minimum atomic E-state index is -0.168.